The molecule has 0 N–H and O–H groups in total. The van der Waals surface area contributed by atoms with Gasteiger partial charge in [-0.25, -0.2) is 0 Å². The van der Waals surface area contributed by atoms with E-state index in [1.165, 1.54) is 12.8 Å². The smallest absolute Gasteiger partial charge is 0.307 e. The summed E-state index contributed by atoms with van der Waals surface area (Å²) in [5.74, 6) is -0.0857. The van der Waals surface area contributed by atoms with Crippen LogP contribution < -0.4 is 0 Å². The first-order chi connectivity index (χ1) is 7.87. The Kier molecular flexibility index (Phi) is 8.52. The first-order valence-corrected chi connectivity index (χ1v) is 8.06. The first-order valence-electron chi connectivity index (χ1n) is 6.67. The number of esters is 1. The molecule has 0 heterocycles. The molecule has 1 atom stereocenters. The zero-order valence-electron chi connectivity index (χ0n) is 12.0. The van der Waals surface area contributed by atoms with E-state index in [0.717, 1.165) is 12.8 Å². The summed E-state index contributed by atoms with van der Waals surface area (Å²) in [6.07, 6.45) is 4.55. The fourth-order valence-corrected chi connectivity index (χ4v) is 2.29. The van der Waals surface area contributed by atoms with E-state index in [-0.39, 0.29) is 17.1 Å². The third-order valence-corrected chi connectivity index (χ3v) is 4.28. The molecule has 0 aliphatic carbocycles. The molecule has 0 fully saturated rings. The van der Waals surface area contributed by atoms with Crippen molar-refractivity contribution in [3.63, 3.8) is 0 Å². The molecule has 0 aromatic rings. The molecule has 4 heteroatoms. The van der Waals surface area contributed by atoms with Crippen LogP contribution in [0.5, 0.6) is 0 Å². The van der Waals surface area contributed by atoms with Crippen LogP contribution in [0, 0.1) is 0 Å². The van der Waals surface area contributed by atoms with Gasteiger partial charge in [0.15, 0.2) is 9.76 Å². The van der Waals surface area contributed by atoms with Crippen molar-refractivity contribution in [1.82, 2.24) is 0 Å². The van der Waals surface area contributed by atoms with Gasteiger partial charge in [-0.3, -0.25) is 4.79 Å². The van der Waals surface area contributed by atoms with Crippen LogP contribution in [-0.2, 0) is 14.0 Å². The molecule has 0 spiro atoms. The summed E-state index contributed by atoms with van der Waals surface area (Å²) in [6.45, 7) is 10.7. The van der Waals surface area contributed by atoms with E-state index in [9.17, 15) is 4.79 Å². The Morgan fingerprint density at radius 1 is 1.24 bits per heavy atom. The van der Waals surface area contributed by atoms with Gasteiger partial charge in [-0.05, 0) is 27.2 Å². The van der Waals surface area contributed by atoms with Crippen LogP contribution in [0.1, 0.15) is 60.3 Å². The molecule has 3 nitrogen and oxygen atoms in total. The maximum absolute atomic E-state index is 11.6. The van der Waals surface area contributed by atoms with E-state index in [0.29, 0.717) is 6.61 Å². The SMILES string of the molecule is CCCCCCOC(=O)C(C)[SiH2]OC(C)(C)C. The molecular weight excluding hydrogens is 232 g/mol. The van der Waals surface area contributed by atoms with Crippen molar-refractivity contribution in [2.24, 2.45) is 0 Å². The number of unbranched alkanes of at least 4 members (excludes halogenated alkanes) is 3. The zero-order valence-corrected chi connectivity index (χ0v) is 13.5. The maximum Gasteiger partial charge on any atom is 0.307 e. The fraction of sp³-hybridized carbons (Fsp3) is 0.923. The molecule has 17 heavy (non-hydrogen) atoms. The van der Waals surface area contributed by atoms with Crippen molar-refractivity contribution < 1.29 is 14.0 Å². The van der Waals surface area contributed by atoms with Crippen LogP contribution in [-0.4, -0.2) is 27.9 Å². The van der Waals surface area contributed by atoms with Crippen LogP contribution in [0.4, 0.5) is 0 Å². The Morgan fingerprint density at radius 2 is 1.88 bits per heavy atom. The quantitative estimate of drug-likeness (QED) is 0.382. The lowest BCUT2D eigenvalue weighted by molar-refractivity contribution is -0.143. The highest BCUT2D eigenvalue weighted by molar-refractivity contribution is 6.36. The molecule has 0 aromatic carbocycles. The van der Waals surface area contributed by atoms with Crippen molar-refractivity contribution in [2.45, 2.75) is 71.4 Å². The minimum atomic E-state index is -0.834. The average Bonchev–Trinajstić information content (AvgIpc) is 2.24. The normalized spacial score (nSPS) is 14.2. The highest BCUT2D eigenvalue weighted by Gasteiger charge is 2.19. The lowest BCUT2D eigenvalue weighted by Gasteiger charge is -2.22. The van der Waals surface area contributed by atoms with Gasteiger partial charge >= 0.3 is 5.97 Å². The average molecular weight is 260 g/mol. The second-order valence-electron chi connectivity index (χ2n) is 5.55. The molecule has 1 unspecified atom stereocenters. The minimum absolute atomic E-state index is 0.0413. The lowest BCUT2D eigenvalue weighted by Crippen LogP contribution is -2.27. The summed E-state index contributed by atoms with van der Waals surface area (Å²) >= 11 is 0. The van der Waals surface area contributed by atoms with Gasteiger partial charge in [0.2, 0.25) is 0 Å². The van der Waals surface area contributed by atoms with Crippen molar-refractivity contribution >= 4 is 15.7 Å². The van der Waals surface area contributed by atoms with Crippen molar-refractivity contribution in [2.75, 3.05) is 6.61 Å². The number of rotatable bonds is 8. The van der Waals surface area contributed by atoms with Gasteiger partial charge in [0, 0.05) is 5.60 Å². The molecule has 0 saturated carbocycles. The van der Waals surface area contributed by atoms with Crippen LogP contribution >= 0.6 is 0 Å². The topological polar surface area (TPSA) is 35.5 Å². The summed E-state index contributed by atoms with van der Waals surface area (Å²) in [5, 5.41) is 0. The molecule has 0 saturated heterocycles. The van der Waals surface area contributed by atoms with Gasteiger partial charge in [-0.1, -0.05) is 33.1 Å². The van der Waals surface area contributed by atoms with Crippen molar-refractivity contribution in [3.05, 3.63) is 0 Å². The van der Waals surface area contributed by atoms with Crippen molar-refractivity contribution in [3.8, 4) is 0 Å². The third kappa shape index (κ3) is 10.5. The zero-order chi connectivity index (χ0) is 13.3. The van der Waals surface area contributed by atoms with Crippen molar-refractivity contribution in [1.29, 1.82) is 0 Å². The predicted molar refractivity (Wildman–Crippen MR) is 73.9 cm³/mol. The molecule has 0 aliphatic rings. The number of ether oxygens (including phenoxy) is 1. The number of hydrogen-bond donors (Lipinski definition) is 0. The second kappa shape index (κ2) is 8.70. The fourth-order valence-electron chi connectivity index (χ4n) is 1.29. The van der Waals surface area contributed by atoms with Gasteiger partial charge < -0.3 is 9.16 Å². The van der Waals surface area contributed by atoms with E-state index in [4.69, 9.17) is 9.16 Å². The number of hydrogen-bond acceptors (Lipinski definition) is 3. The summed E-state index contributed by atoms with van der Waals surface area (Å²) in [7, 11) is -0.834. The highest BCUT2D eigenvalue weighted by Crippen LogP contribution is 2.12. The van der Waals surface area contributed by atoms with Gasteiger partial charge in [0.1, 0.15) is 0 Å². The van der Waals surface area contributed by atoms with Crippen LogP contribution in [0.2, 0.25) is 5.54 Å². The largest absolute Gasteiger partial charge is 0.466 e. The predicted octanol–water partition coefficient (Wildman–Crippen LogP) is 2.82. The summed E-state index contributed by atoms with van der Waals surface area (Å²) < 4.78 is 10.9. The standard InChI is InChI=1S/C13H28O3Si/c1-6-7-8-9-10-15-12(14)11(2)17-16-13(3,4)5/h11H,6-10,17H2,1-5H3. The Hall–Kier alpha value is -0.353. The summed E-state index contributed by atoms with van der Waals surface area (Å²) in [4.78, 5) is 11.6. The van der Waals surface area contributed by atoms with Crippen LogP contribution in [0.3, 0.4) is 0 Å². The maximum atomic E-state index is 11.6. The Morgan fingerprint density at radius 3 is 2.41 bits per heavy atom. The van der Waals surface area contributed by atoms with Gasteiger partial charge in [-0.2, -0.15) is 0 Å². The highest BCUT2D eigenvalue weighted by atomic mass is 28.2. The second-order valence-corrected chi connectivity index (χ2v) is 7.40. The molecule has 0 aromatic heterocycles. The first kappa shape index (κ1) is 16.6. The molecule has 102 valence electrons. The van der Waals surface area contributed by atoms with E-state index in [1.807, 2.05) is 27.7 Å². The molecule has 0 bridgehead atoms. The van der Waals surface area contributed by atoms with E-state index in [1.54, 1.807) is 0 Å². The van der Waals surface area contributed by atoms with Crippen LogP contribution in [0.15, 0.2) is 0 Å². The van der Waals surface area contributed by atoms with Gasteiger partial charge in [0.05, 0.1) is 12.1 Å². The molecule has 0 rings (SSSR count). The van der Waals surface area contributed by atoms with E-state index in [2.05, 4.69) is 6.92 Å². The number of carbonyl (C=O) groups excluding carboxylic acids is 1. The summed E-state index contributed by atoms with van der Waals surface area (Å²) in [5.41, 5.74) is -0.178. The molecule has 0 aliphatic heterocycles. The molecule has 0 amide bonds. The lowest BCUT2D eigenvalue weighted by atomic mass is 10.2. The Balaban J connectivity index is 3.61. The molecule has 0 radical (unpaired) electrons. The number of carbonyl (C=O) groups is 1. The minimum Gasteiger partial charge on any atom is -0.466 e. The van der Waals surface area contributed by atoms with E-state index >= 15 is 0 Å². The Labute approximate surface area is 108 Å². The van der Waals surface area contributed by atoms with Gasteiger partial charge in [0.25, 0.3) is 0 Å². The third-order valence-electron chi connectivity index (χ3n) is 2.41. The summed E-state index contributed by atoms with van der Waals surface area (Å²) in [6, 6.07) is 0. The Bertz CT molecular complexity index is 211. The van der Waals surface area contributed by atoms with E-state index < -0.39 is 9.76 Å². The van der Waals surface area contributed by atoms with Crippen LogP contribution in [0.25, 0.3) is 0 Å². The monoisotopic (exact) mass is 260 g/mol. The van der Waals surface area contributed by atoms with Gasteiger partial charge in [-0.15, -0.1) is 0 Å². The molecular formula is C13H28O3Si.